The summed E-state index contributed by atoms with van der Waals surface area (Å²) in [6, 6.07) is 19.5. The van der Waals surface area contributed by atoms with Crippen molar-refractivity contribution in [1.29, 1.82) is 0 Å². The van der Waals surface area contributed by atoms with Gasteiger partial charge in [-0.15, -0.1) is 0 Å². The number of benzene rings is 2. The van der Waals surface area contributed by atoms with Gasteiger partial charge in [0, 0.05) is 11.8 Å². The summed E-state index contributed by atoms with van der Waals surface area (Å²) in [5, 5.41) is 0. The molecule has 0 saturated heterocycles. The lowest BCUT2D eigenvalue weighted by Gasteiger charge is -2.34. The van der Waals surface area contributed by atoms with Gasteiger partial charge in [0.25, 0.3) is 0 Å². The van der Waals surface area contributed by atoms with E-state index in [1.165, 1.54) is 27.8 Å². The van der Waals surface area contributed by atoms with E-state index < -0.39 is 0 Å². The summed E-state index contributed by atoms with van der Waals surface area (Å²) in [5.41, 5.74) is 6.68. The third kappa shape index (κ3) is 2.46. The van der Waals surface area contributed by atoms with Crippen LogP contribution in [0.3, 0.4) is 0 Å². The fourth-order valence-electron chi connectivity index (χ4n) is 3.45. The summed E-state index contributed by atoms with van der Waals surface area (Å²) in [6.45, 7) is 8.78. The van der Waals surface area contributed by atoms with Crippen molar-refractivity contribution in [1.82, 2.24) is 0 Å². The number of hydrogen-bond acceptors (Lipinski definition) is 0. The van der Waals surface area contributed by atoms with Crippen LogP contribution >= 0.6 is 0 Å². The van der Waals surface area contributed by atoms with Gasteiger partial charge in [0.1, 0.15) is 0 Å². The SMILES string of the molecule is C=C1/C(=C\C=C/C)C(C)c2ccccc2C1c1ccccc1. The third-order valence-electron chi connectivity index (χ3n) is 4.56. The first-order valence-electron chi connectivity index (χ1n) is 7.90. The maximum atomic E-state index is 4.45. The van der Waals surface area contributed by atoms with Gasteiger partial charge < -0.3 is 0 Å². The monoisotopic (exact) mass is 286 g/mol. The maximum absolute atomic E-state index is 4.45. The first-order chi connectivity index (χ1) is 10.7. The van der Waals surface area contributed by atoms with E-state index >= 15 is 0 Å². The quantitative estimate of drug-likeness (QED) is 0.635. The molecule has 0 heteroatoms. The molecule has 0 saturated carbocycles. The van der Waals surface area contributed by atoms with E-state index in [2.05, 4.69) is 93.3 Å². The zero-order chi connectivity index (χ0) is 15.5. The smallest absolute Gasteiger partial charge is 0.0340 e. The minimum absolute atomic E-state index is 0.255. The van der Waals surface area contributed by atoms with E-state index in [1.807, 2.05) is 0 Å². The van der Waals surface area contributed by atoms with Crippen LogP contribution in [0, 0.1) is 0 Å². The molecule has 1 aliphatic rings. The molecule has 1 aliphatic carbocycles. The Balaban J connectivity index is 2.20. The van der Waals surface area contributed by atoms with Crippen molar-refractivity contribution >= 4 is 0 Å². The number of fused-ring (bicyclic) bond motifs is 1. The summed E-state index contributed by atoms with van der Waals surface area (Å²) in [7, 11) is 0. The molecule has 2 unspecified atom stereocenters. The summed E-state index contributed by atoms with van der Waals surface area (Å²) in [6.07, 6.45) is 6.41. The molecule has 0 nitrogen and oxygen atoms in total. The van der Waals surface area contributed by atoms with Gasteiger partial charge in [0.2, 0.25) is 0 Å². The Hall–Kier alpha value is -2.34. The van der Waals surface area contributed by atoms with E-state index in [1.54, 1.807) is 0 Å². The second-order valence-corrected chi connectivity index (χ2v) is 5.87. The Bertz CT molecular complexity index is 732. The van der Waals surface area contributed by atoms with Gasteiger partial charge in [0.05, 0.1) is 0 Å². The third-order valence-corrected chi connectivity index (χ3v) is 4.56. The van der Waals surface area contributed by atoms with Gasteiger partial charge in [-0.1, -0.05) is 86.3 Å². The highest BCUT2D eigenvalue weighted by atomic mass is 14.3. The Morgan fingerprint density at radius 2 is 1.55 bits per heavy atom. The summed E-state index contributed by atoms with van der Waals surface area (Å²) < 4.78 is 0. The van der Waals surface area contributed by atoms with Crippen LogP contribution in [0.2, 0.25) is 0 Å². The molecule has 2 atom stereocenters. The molecule has 3 rings (SSSR count). The van der Waals surface area contributed by atoms with Gasteiger partial charge in [0.15, 0.2) is 0 Å². The highest BCUT2D eigenvalue weighted by molar-refractivity contribution is 5.59. The fraction of sp³-hybridized carbons (Fsp3) is 0.182. The first-order valence-corrected chi connectivity index (χ1v) is 7.90. The van der Waals surface area contributed by atoms with E-state index in [4.69, 9.17) is 0 Å². The van der Waals surface area contributed by atoms with Crippen molar-refractivity contribution in [3.8, 4) is 0 Å². The van der Waals surface area contributed by atoms with E-state index in [9.17, 15) is 0 Å². The van der Waals surface area contributed by atoms with Crippen LogP contribution in [0.15, 0.2) is 90.6 Å². The van der Waals surface area contributed by atoms with Crippen LogP contribution in [-0.2, 0) is 0 Å². The minimum atomic E-state index is 0.255. The summed E-state index contributed by atoms with van der Waals surface area (Å²) >= 11 is 0. The molecule has 0 fully saturated rings. The van der Waals surface area contributed by atoms with Crippen molar-refractivity contribution in [2.24, 2.45) is 0 Å². The molecule has 0 amide bonds. The lowest BCUT2D eigenvalue weighted by atomic mass is 9.69. The Morgan fingerprint density at radius 3 is 2.23 bits per heavy atom. The van der Waals surface area contributed by atoms with Crippen LogP contribution in [0.4, 0.5) is 0 Å². The number of allylic oxidation sites excluding steroid dienone is 5. The number of hydrogen-bond donors (Lipinski definition) is 0. The highest BCUT2D eigenvalue weighted by Gasteiger charge is 2.31. The molecule has 2 aromatic carbocycles. The average molecular weight is 286 g/mol. The minimum Gasteiger partial charge on any atom is -0.0946 e. The standard InChI is InChI=1S/C22H22/c1-4-5-13-19-16(2)20-14-9-10-15-21(20)22(17(19)3)18-11-7-6-8-12-18/h4-16,22H,3H2,1-2H3/b5-4-,19-13-. The molecule has 0 radical (unpaired) electrons. The van der Waals surface area contributed by atoms with Crippen LogP contribution in [0.25, 0.3) is 0 Å². The molecule has 110 valence electrons. The molecule has 2 aromatic rings. The number of rotatable bonds is 2. The second kappa shape index (κ2) is 6.19. The Labute approximate surface area is 133 Å². The van der Waals surface area contributed by atoms with Crippen molar-refractivity contribution in [3.05, 3.63) is 107 Å². The van der Waals surface area contributed by atoms with Gasteiger partial charge in [-0.25, -0.2) is 0 Å². The zero-order valence-electron chi connectivity index (χ0n) is 13.3. The maximum Gasteiger partial charge on any atom is 0.0340 e. The molecule has 0 aliphatic heterocycles. The molecule has 0 bridgehead atoms. The average Bonchev–Trinajstić information content (AvgIpc) is 2.56. The molecular weight excluding hydrogens is 264 g/mol. The van der Waals surface area contributed by atoms with Crippen molar-refractivity contribution < 1.29 is 0 Å². The van der Waals surface area contributed by atoms with Gasteiger partial charge in [-0.2, -0.15) is 0 Å². The van der Waals surface area contributed by atoms with Crippen molar-refractivity contribution in [2.75, 3.05) is 0 Å². The van der Waals surface area contributed by atoms with E-state index in [-0.39, 0.29) is 5.92 Å². The first kappa shape index (κ1) is 14.6. The summed E-state index contributed by atoms with van der Waals surface area (Å²) in [4.78, 5) is 0. The second-order valence-electron chi connectivity index (χ2n) is 5.87. The topological polar surface area (TPSA) is 0 Å². The molecule has 0 aromatic heterocycles. The summed E-state index contributed by atoms with van der Waals surface area (Å²) in [5.74, 6) is 0.643. The van der Waals surface area contributed by atoms with Crippen LogP contribution in [-0.4, -0.2) is 0 Å². The van der Waals surface area contributed by atoms with Gasteiger partial charge in [-0.05, 0) is 34.8 Å². The lowest BCUT2D eigenvalue weighted by Crippen LogP contribution is -2.18. The molecule has 0 spiro atoms. The van der Waals surface area contributed by atoms with E-state index in [0.29, 0.717) is 5.92 Å². The Kier molecular flexibility index (Phi) is 4.11. The molecule has 0 N–H and O–H groups in total. The lowest BCUT2D eigenvalue weighted by molar-refractivity contribution is 0.781. The van der Waals surface area contributed by atoms with Crippen molar-refractivity contribution in [2.45, 2.75) is 25.7 Å². The highest BCUT2D eigenvalue weighted by Crippen LogP contribution is 2.47. The van der Waals surface area contributed by atoms with Crippen molar-refractivity contribution in [3.63, 3.8) is 0 Å². The van der Waals surface area contributed by atoms with Gasteiger partial charge >= 0.3 is 0 Å². The predicted molar refractivity (Wildman–Crippen MR) is 95.2 cm³/mol. The van der Waals surface area contributed by atoms with Crippen LogP contribution in [0.1, 0.15) is 42.4 Å². The zero-order valence-corrected chi connectivity index (χ0v) is 13.3. The fourth-order valence-corrected chi connectivity index (χ4v) is 3.45. The molecule has 22 heavy (non-hydrogen) atoms. The molecular formula is C22H22. The normalized spacial score (nSPS) is 23.0. The van der Waals surface area contributed by atoms with Crippen LogP contribution < -0.4 is 0 Å². The van der Waals surface area contributed by atoms with Gasteiger partial charge in [-0.3, -0.25) is 0 Å². The predicted octanol–water partition coefficient (Wildman–Crippen LogP) is 5.99. The largest absolute Gasteiger partial charge is 0.0946 e. The van der Waals surface area contributed by atoms with Crippen LogP contribution in [0.5, 0.6) is 0 Å². The Morgan fingerprint density at radius 1 is 0.909 bits per heavy atom. The van der Waals surface area contributed by atoms with E-state index in [0.717, 1.165) is 0 Å². The molecule has 0 heterocycles.